The van der Waals surface area contributed by atoms with Gasteiger partial charge in [0.1, 0.15) is 11.4 Å². The lowest BCUT2D eigenvalue weighted by atomic mass is 10.0. The third kappa shape index (κ3) is 1.74. The molecular formula is C12H14FNO. The Bertz CT molecular complexity index is 424. The van der Waals surface area contributed by atoms with Gasteiger partial charge in [0.15, 0.2) is 5.82 Å². The molecule has 0 saturated carbocycles. The summed E-state index contributed by atoms with van der Waals surface area (Å²) >= 11 is 0. The highest BCUT2D eigenvalue weighted by Gasteiger charge is 2.21. The Morgan fingerprint density at radius 3 is 2.73 bits per heavy atom. The normalized spacial score (nSPS) is 14.1. The van der Waals surface area contributed by atoms with E-state index in [0.29, 0.717) is 17.4 Å². The van der Waals surface area contributed by atoms with E-state index in [2.05, 4.69) is 18.8 Å². The van der Waals surface area contributed by atoms with E-state index in [1.165, 1.54) is 6.07 Å². The summed E-state index contributed by atoms with van der Waals surface area (Å²) in [5, 5.41) is 0. The van der Waals surface area contributed by atoms with Crippen molar-refractivity contribution in [2.75, 3.05) is 7.11 Å². The molecule has 0 aromatic heterocycles. The van der Waals surface area contributed by atoms with Crippen molar-refractivity contribution >= 4 is 11.4 Å². The highest BCUT2D eigenvalue weighted by molar-refractivity contribution is 5.95. The van der Waals surface area contributed by atoms with Crippen molar-refractivity contribution in [3.05, 3.63) is 23.5 Å². The van der Waals surface area contributed by atoms with E-state index in [4.69, 9.17) is 4.74 Å². The van der Waals surface area contributed by atoms with Crippen molar-refractivity contribution in [1.82, 2.24) is 0 Å². The molecule has 0 N–H and O–H groups in total. The van der Waals surface area contributed by atoms with Crippen molar-refractivity contribution < 1.29 is 9.13 Å². The molecule has 0 aliphatic carbocycles. The summed E-state index contributed by atoms with van der Waals surface area (Å²) in [6.07, 6.45) is 0.737. The van der Waals surface area contributed by atoms with Crippen molar-refractivity contribution in [1.29, 1.82) is 0 Å². The number of hydrogen-bond acceptors (Lipinski definition) is 2. The van der Waals surface area contributed by atoms with E-state index in [1.54, 1.807) is 7.11 Å². The lowest BCUT2D eigenvalue weighted by Gasteiger charge is -2.04. The van der Waals surface area contributed by atoms with Crippen LogP contribution in [0.15, 0.2) is 17.1 Å². The number of ether oxygens (including phenoxy) is 1. The van der Waals surface area contributed by atoms with E-state index in [9.17, 15) is 4.39 Å². The molecule has 1 aromatic carbocycles. The Labute approximate surface area is 88.8 Å². The molecule has 3 heteroatoms. The standard InChI is InChI=1S/C12H14FNO/c1-7(2)11-5-8-4-9(15-3)6-10(13)12(8)14-11/h4,6-7H,5H2,1-3H3. The average Bonchev–Trinajstić information content (AvgIpc) is 2.61. The molecule has 80 valence electrons. The first kappa shape index (κ1) is 10.1. The summed E-state index contributed by atoms with van der Waals surface area (Å²) in [4.78, 5) is 4.31. The second-order valence-electron chi connectivity index (χ2n) is 4.05. The minimum absolute atomic E-state index is 0.292. The largest absolute Gasteiger partial charge is 0.497 e. The molecular weight excluding hydrogens is 193 g/mol. The second kappa shape index (κ2) is 3.65. The number of fused-ring (bicyclic) bond motifs is 1. The summed E-state index contributed by atoms with van der Waals surface area (Å²) in [5.41, 5.74) is 2.45. The zero-order chi connectivity index (χ0) is 11.0. The van der Waals surface area contributed by atoms with Crippen LogP contribution in [-0.2, 0) is 6.42 Å². The molecule has 2 rings (SSSR count). The zero-order valence-corrected chi connectivity index (χ0v) is 9.17. The molecule has 0 atom stereocenters. The second-order valence-corrected chi connectivity index (χ2v) is 4.05. The van der Waals surface area contributed by atoms with Crippen LogP contribution in [-0.4, -0.2) is 12.8 Å². The Balaban J connectivity index is 2.42. The number of methoxy groups -OCH3 is 1. The maximum atomic E-state index is 13.6. The van der Waals surface area contributed by atoms with Gasteiger partial charge in [0.25, 0.3) is 0 Å². The molecule has 0 bridgehead atoms. The van der Waals surface area contributed by atoms with Crippen LogP contribution in [0.25, 0.3) is 0 Å². The van der Waals surface area contributed by atoms with E-state index in [-0.39, 0.29) is 5.82 Å². The van der Waals surface area contributed by atoms with Gasteiger partial charge in [-0.05, 0) is 17.5 Å². The molecule has 0 saturated heterocycles. The lowest BCUT2D eigenvalue weighted by molar-refractivity contribution is 0.411. The molecule has 0 unspecified atom stereocenters. The number of halogens is 1. The fourth-order valence-electron chi connectivity index (χ4n) is 1.72. The van der Waals surface area contributed by atoms with Crippen LogP contribution in [0.1, 0.15) is 19.4 Å². The van der Waals surface area contributed by atoms with Gasteiger partial charge in [0.2, 0.25) is 0 Å². The third-order valence-corrected chi connectivity index (χ3v) is 2.64. The van der Waals surface area contributed by atoms with E-state index in [0.717, 1.165) is 17.7 Å². The first-order valence-corrected chi connectivity index (χ1v) is 5.05. The minimum atomic E-state index is -0.292. The molecule has 0 fully saturated rings. The van der Waals surface area contributed by atoms with Crippen molar-refractivity contribution in [2.45, 2.75) is 20.3 Å². The smallest absolute Gasteiger partial charge is 0.152 e. The monoisotopic (exact) mass is 207 g/mol. The first-order chi connectivity index (χ1) is 7.11. The number of aliphatic imine (C=N–C) groups is 1. The summed E-state index contributed by atoms with van der Waals surface area (Å²) in [7, 11) is 1.54. The predicted molar refractivity (Wildman–Crippen MR) is 58.6 cm³/mol. The van der Waals surface area contributed by atoms with Crippen LogP contribution in [0.4, 0.5) is 10.1 Å². The number of rotatable bonds is 2. The Morgan fingerprint density at radius 2 is 2.13 bits per heavy atom. The fourth-order valence-corrected chi connectivity index (χ4v) is 1.72. The van der Waals surface area contributed by atoms with Gasteiger partial charge in [-0.3, -0.25) is 4.99 Å². The van der Waals surface area contributed by atoms with Gasteiger partial charge in [-0.15, -0.1) is 0 Å². The van der Waals surface area contributed by atoms with Crippen LogP contribution in [0.2, 0.25) is 0 Å². The topological polar surface area (TPSA) is 21.6 Å². The van der Waals surface area contributed by atoms with E-state index in [1.807, 2.05) is 6.07 Å². The Kier molecular flexibility index (Phi) is 2.47. The van der Waals surface area contributed by atoms with Crippen molar-refractivity contribution in [3.63, 3.8) is 0 Å². The number of benzene rings is 1. The van der Waals surface area contributed by atoms with Crippen LogP contribution in [0.3, 0.4) is 0 Å². The summed E-state index contributed by atoms with van der Waals surface area (Å²) in [6.45, 7) is 4.14. The molecule has 1 aliphatic heterocycles. The quantitative estimate of drug-likeness (QED) is 0.730. The molecule has 1 aliphatic rings. The predicted octanol–water partition coefficient (Wildman–Crippen LogP) is 3.12. The van der Waals surface area contributed by atoms with Crippen LogP contribution < -0.4 is 4.74 Å². The van der Waals surface area contributed by atoms with Crippen LogP contribution in [0, 0.1) is 11.7 Å². The summed E-state index contributed by atoms with van der Waals surface area (Å²) in [6, 6.07) is 3.24. The van der Waals surface area contributed by atoms with Gasteiger partial charge in [0, 0.05) is 18.2 Å². The van der Waals surface area contributed by atoms with Crippen molar-refractivity contribution in [3.8, 4) is 5.75 Å². The summed E-state index contributed by atoms with van der Waals surface area (Å²) in [5.74, 6) is 0.634. The summed E-state index contributed by atoms with van der Waals surface area (Å²) < 4.78 is 18.6. The molecule has 2 nitrogen and oxygen atoms in total. The molecule has 0 radical (unpaired) electrons. The van der Waals surface area contributed by atoms with Gasteiger partial charge in [-0.2, -0.15) is 0 Å². The zero-order valence-electron chi connectivity index (χ0n) is 9.17. The minimum Gasteiger partial charge on any atom is -0.497 e. The van der Waals surface area contributed by atoms with E-state index >= 15 is 0 Å². The lowest BCUT2D eigenvalue weighted by Crippen LogP contribution is -2.06. The first-order valence-electron chi connectivity index (χ1n) is 5.05. The number of hydrogen-bond donors (Lipinski definition) is 0. The molecule has 0 amide bonds. The molecule has 1 aromatic rings. The van der Waals surface area contributed by atoms with Gasteiger partial charge in [0.05, 0.1) is 7.11 Å². The Morgan fingerprint density at radius 1 is 1.40 bits per heavy atom. The maximum Gasteiger partial charge on any atom is 0.152 e. The molecule has 0 spiro atoms. The maximum absolute atomic E-state index is 13.6. The molecule has 1 heterocycles. The highest BCUT2D eigenvalue weighted by Crippen LogP contribution is 2.34. The van der Waals surface area contributed by atoms with Crippen LogP contribution >= 0.6 is 0 Å². The Hall–Kier alpha value is -1.38. The third-order valence-electron chi connectivity index (χ3n) is 2.64. The van der Waals surface area contributed by atoms with Crippen LogP contribution in [0.5, 0.6) is 5.75 Å². The van der Waals surface area contributed by atoms with Gasteiger partial charge >= 0.3 is 0 Å². The fraction of sp³-hybridized carbons (Fsp3) is 0.417. The van der Waals surface area contributed by atoms with Gasteiger partial charge in [-0.25, -0.2) is 4.39 Å². The van der Waals surface area contributed by atoms with Crippen molar-refractivity contribution in [2.24, 2.45) is 10.9 Å². The number of nitrogens with zero attached hydrogens (tertiary/aromatic N) is 1. The SMILES string of the molecule is COc1cc(F)c2c(c1)CC(C(C)C)=N2. The van der Waals surface area contributed by atoms with Gasteiger partial charge in [-0.1, -0.05) is 13.8 Å². The van der Waals surface area contributed by atoms with Gasteiger partial charge < -0.3 is 4.74 Å². The average molecular weight is 207 g/mol. The molecule has 15 heavy (non-hydrogen) atoms. The highest BCUT2D eigenvalue weighted by atomic mass is 19.1. The van der Waals surface area contributed by atoms with E-state index < -0.39 is 0 Å².